The molecule has 0 saturated carbocycles. The predicted octanol–water partition coefficient (Wildman–Crippen LogP) is 3.66. The first-order chi connectivity index (χ1) is 9.10. The molecule has 2 heterocycles. The zero-order valence-electron chi connectivity index (χ0n) is 10.7. The van der Waals surface area contributed by atoms with Crippen molar-refractivity contribution in [3.8, 4) is 0 Å². The van der Waals surface area contributed by atoms with Crippen molar-refractivity contribution in [3.63, 3.8) is 0 Å². The van der Waals surface area contributed by atoms with E-state index in [9.17, 15) is 0 Å². The molecule has 0 aliphatic rings. The largest absolute Gasteiger partial charge is 0.366 e. The molecule has 0 aliphatic carbocycles. The fraction of sp³-hybridized carbons (Fsp3) is 0.308. The number of anilines is 1. The molecular weight excluding hydrogens is 283 g/mol. The molecule has 0 amide bonds. The number of halogens is 2. The number of nitrogens with zero attached hydrogens (tertiary/aromatic N) is 3. The molecule has 0 aromatic carbocycles. The molecule has 0 fully saturated rings. The zero-order chi connectivity index (χ0) is 13.8. The number of nitrogens with one attached hydrogen (secondary N) is 1. The van der Waals surface area contributed by atoms with Gasteiger partial charge < -0.3 is 5.32 Å². The topological polar surface area (TPSA) is 50.7 Å². The van der Waals surface area contributed by atoms with Gasteiger partial charge in [-0.05, 0) is 25.0 Å². The Morgan fingerprint density at radius 3 is 2.63 bits per heavy atom. The van der Waals surface area contributed by atoms with E-state index in [2.05, 4.69) is 20.3 Å². The number of pyridine rings is 1. The molecular formula is C13H14Cl2N4. The zero-order valence-corrected chi connectivity index (χ0v) is 12.3. The van der Waals surface area contributed by atoms with E-state index in [4.69, 9.17) is 23.2 Å². The van der Waals surface area contributed by atoms with E-state index in [1.54, 1.807) is 12.3 Å². The Morgan fingerprint density at radius 2 is 2.00 bits per heavy atom. The van der Waals surface area contributed by atoms with Crippen molar-refractivity contribution >= 4 is 29.0 Å². The summed E-state index contributed by atoms with van der Waals surface area (Å²) in [6, 6.07) is 3.68. The average Bonchev–Trinajstić information content (AvgIpc) is 2.37. The molecule has 2 aromatic rings. The van der Waals surface area contributed by atoms with Crippen LogP contribution in [0.3, 0.4) is 0 Å². The van der Waals surface area contributed by atoms with Crippen LogP contribution in [0.5, 0.6) is 0 Å². The highest BCUT2D eigenvalue weighted by Crippen LogP contribution is 2.22. The number of aryl methyl sites for hydroxylation is 1. The highest BCUT2D eigenvalue weighted by Gasteiger charge is 2.09. The molecule has 6 heteroatoms. The van der Waals surface area contributed by atoms with Crippen molar-refractivity contribution in [2.45, 2.75) is 26.8 Å². The van der Waals surface area contributed by atoms with Crippen LogP contribution in [0, 0.1) is 6.92 Å². The summed E-state index contributed by atoms with van der Waals surface area (Å²) in [5, 5.41) is 4.25. The maximum atomic E-state index is 6.12. The summed E-state index contributed by atoms with van der Waals surface area (Å²) >= 11 is 11.9. The summed E-state index contributed by atoms with van der Waals surface area (Å²) in [7, 11) is 0. The van der Waals surface area contributed by atoms with Gasteiger partial charge in [0.1, 0.15) is 21.9 Å². The second kappa shape index (κ2) is 6.17. The quantitative estimate of drug-likeness (QED) is 0.691. The number of rotatable bonds is 4. The van der Waals surface area contributed by atoms with E-state index in [0.29, 0.717) is 22.7 Å². The molecule has 2 aromatic heterocycles. The third kappa shape index (κ3) is 3.55. The van der Waals surface area contributed by atoms with Crippen LogP contribution in [-0.4, -0.2) is 15.0 Å². The smallest absolute Gasteiger partial charge is 0.138 e. The van der Waals surface area contributed by atoms with Gasteiger partial charge in [0, 0.05) is 18.3 Å². The van der Waals surface area contributed by atoms with Crippen molar-refractivity contribution in [3.05, 3.63) is 45.6 Å². The lowest BCUT2D eigenvalue weighted by Crippen LogP contribution is -2.07. The van der Waals surface area contributed by atoms with Crippen molar-refractivity contribution in [2.75, 3.05) is 5.32 Å². The lowest BCUT2D eigenvalue weighted by Gasteiger charge is -2.11. The molecule has 0 atom stereocenters. The molecule has 4 nitrogen and oxygen atoms in total. The van der Waals surface area contributed by atoms with Crippen LogP contribution in [0.4, 0.5) is 5.82 Å². The van der Waals surface area contributed by atoms with E-state index in [-0.39, 0.29) is 0 Å². The summed E-state index contributed by atoms with van der Waals surface area (Å²) in [5.41, 5.74) is 1.95. The Bertz CT molecular complexity index is 570. The molecule has 0 unspecified atom stereocenters. The van der Waals surface area contributed by atoms with E-state index in [0.717, 1.165) is 23.4 Å². The fourth-order valence-electron chi connectivity index (χ4n) is 1.72. The van der Waals surface area contributed by atoms with E-state index in [1.807, 2.05) is 19.9 Å². The third-order valence-electron chi connectivity index (χ3n) is 2.67. The molecule has 19 heavy (non-hydrogen) atoms. The number of hydrogen-bond acceptors (Lipinski definition) is 4. The van der Waals surface area contributed by atoms with Crippen molar-refractivity contribution in [1.82, 2.24) is 15.0 Å². The third-order valence-corrected chi connectivity index (χ3v) is 3.21. The van der Waals surface area contributed by atoms with Crippen LogP contribution in [0.25, 0.3) is 0 Å². The molecule has 0 bridgehead atoms. The van der Waals surface area contributed by atoms with Gasteiger partial charge in [-0.25, -0.2) is 15.0 Å². The Labute approximate surface area is 122 Å². The van der Waals surface area contributed by atoms with Crippen LogP contribution >= 0.6 is 23.2 Å². The van der Waals surface area contributed by atoms with Gasteiger partial charge in [-0.15, -0.1) is 0 Å². The molecule has 0 radical (unpaired) electrons. The Morgan fingerprint density at radius 1 is 1.21 bits per heavy atom. The van der Waals surface area contributed by atoms with Crippen LogP contribution in [0.2, 0.25) is 10.3 Å². The van der Waals surface area contributed by atoms with Gasteiger partial charge in [0.25, 0.3) is 0 Å². The summed E-state index contributed by atoms with van der Waals surface area (Å²) in [6.45, 7) is 4.46. The van der Waals surface area contributed by atoms with E-state index < -0.39 is 0 Å². The second-order valence-electron chi connectivity index (χ2n) is 4.09. The SMILES string of the molecule is CCc1c(Cl)nc(C)nc1NCc1ccc(Cl)nc1. The normalized spacial score (nSPS) is 10.5. The average molecular weight is 297 g/mol. The van der Waals surface area contributed by atoms with Crippen LogP contribution in [0.15, 0.2) is 18.3 Å². The predicted molar refractivity (Wildman–Crippen MR) is 77.7 cm³/mol. The van der Waals surface area contributed by atoms with Crippen molar-refractivity contribution in [1.29, 1.82) is 0 Å². The highest BCUT2D eigenvalue weighted by atomic mass is 35.5. The van der Waals surface area contributed by atoms with E-state index in [1.165, 1.54) is 0 Å². The Hall–Kier alpha value is -1.39. The molecule has 2 rings (SSSR count). The summed E-state index contributed by atoms with van der Waals surface area (Å²) in [4.78, 5) is 12.6. The first-order valence-corrected chi connectivity index (χ1v) is 6.73. The van der Waals surface area contributed by atoms with Crippen molar-refractivity contribution < 1.29 is 0 Å². The molecule has 0 aliphatic heterocycles. The lowest BCUT2D eigenvalue weighted by molar-refractivity contribution is 0.968. The summed E-state index contributed by atoms with van der Waals surface area (Å²) in [6.07, 6.45) is 2.51. The maximum absolute atomic E-state index is 6.12. The molecule has 1 N–H and O–H groups in total. The Kier molecular flexibility index (Phi) is 4.56. The van der Waals surface area contributed by atoms with Crippen molar-refractivity contribution in [2.24, 2.45) is 0 Å². The van der Waals surface area contributed by atoms with Gasteiger partial charge in [-0.2, -0.15) is 0 Å². The number of aromatic nitrogens is 3. The van der Waals surface area contributed by atoms with Gasteiger partial charge in [0.2, 0.25) is 0 Å². The summed E-state index contributed by atoms with van der Waals surface area (Å²) < 4.78 is 0. The molecule has 0 saturated heterocycles. The number of hydrogen-bond donors (Lipinski definition) is 1. The van der Waals surface area contributed by atoms with E-state index >= 15 is 0 Å². The fourth-order valence-corrected chi connectivity index (χ4v) is 2.18. The van der Waals surface area contributed by atoms with Gasteiger partial charge in [0.05, 0.1) is 0 Å². The van der Waals surface area contributed by atoms with Crippen LogP contribution in [0.1, 0.15) is 23.9 Å². The van der Waals surface area contributed by atoms with Gasteiger partial charge in [-0.3, -0.25) is 0 Å². The van der Waals surface area contributed by atoms with Gasteiger partial charge >= 0.3 is 0 Å². The first-order valence-electron chi connectivity index (χ1n) is 5.97. The first kappa shape index (κ1) is 14.0. The second-order valence-corrected chi connectivity index (χ2v) is 4.83. The monoisotopic (exact) mass is 296 g/mol. The molecule has 0 spiro atoms. The van der Waals surface area contributed by atoms with Crippen LogP contribution < -0.4 is 5.32 Å². The molecule has 100 valence electrons. The minimum atomic E-state index is 0.485. The minimum Gasteiger partial charge on any atom is -0.366 e. The summed E-state index contributed by atoms with van der Waals surface area (Å²) in [5.74, 6) is 1.42. The van der Waals surface area contributed by atoms with Crippen LogP contribution in [-0.2, 0) is 13.0 Å². The maximum Gasteiger partial charge on any atom is 0.138 e. The lowest BCUT2D eigenvalue weighted by atomic mass is 10.2. The minimum absolute atomic E-state index is 0.485. The highest BCUT2D eigenvalue weighted by molar-refractivity contribution is 6.30. The van der Waals surface area contributed by atoms with Gasteiger partial charge in [-0.1, -0.05) is 36.2 Å². The standard InChI is InChI=1S/C13H14Cl2N4/c1-3-10-12(15)18-8(2)19-13(10)17-7-9-4-5-11(14)16-6-9/h4-6H,3,7H2,1-2H3,(H,17,18,19). The Balaban J connectivity index is 2.17. The van der Waals surface area contributed by atoms with Gasteiger partial charge in [0.15, 0.2) is 0 Å².